The standard InChI is InChI=1S/C14H25N5O2/c1-14(2,3)21-13(20)18-8-4-5-11(9-18)17-12-6-7-16-10-19(12)15/h6-7,11,17H,4-5,8-10,15H2,1-3H3. The summed E-state index contributed by atoms with van der Waals surface area (Å²) in [7, 11) is 0. The van der Waals surface area contributed by atoms with Crippen molar-refractivity contribution >= 4 is 12.3 Å². The number of amides is 1. The highest BCUT2D eigenvalue weighted by atomic mass is 16.6. The molecule has 1 fully saturated rings. The average molecular weight is 295 g/mol. The molecule has 2 aliphatic rings. The molecule has 0 radical (unpaired) electrons. The van der Waals surface area contributed by atoms with Crippen LogP contribution in [0.25, 0.3) is 0 Å². The number of carbonyl (C=O) groups excluding carboxylic acids is 1. The molecular formula is C14H25N5O2. The molecule has 21 heavy (non-hydrogen) atoms. The van der Waals surface area contributed by atoms with Gasteiger partial charge in [-0.3, -0.25) is 10.0 Å². The van der Waals surface area contributed by atoms with Gasteiger partial charge in [-0.25, -0.2) is 10.6 Å². The Morgan fingerprint density at radius 2 is 2.29 bits per heavy atom. The first-order chi connectivity index (χ1) is 9.85. The Kier molecular flexibility index (Phi) is 4.72. The Morgan fingerprint density at radius 1 is 1.52 bits per heavy atom. The molecule has 7 heteroatoms. The molecule has 1 amide bonds. The van der Waals surface area contributed by atoms with Crippen LogP contribution in [0.2, 0.25) is 0 Å². The first-order valence-corrected chi connectivity index (χ1v) is 7.32. The monoisotopic (exact) mass is 295 g/mol. The molecule has 7 nitrogen and oxygen atoms in total. The van der Waals surface area contributed by atoms with Crippen LogP contribution in [0.5, 0.6) is 0 Å². The number of hydrazine groups is 1. The lowest BCUT2D eigenvalue weighted by atomic mass is 10.1. The van der Waals surface area contributed by atoms with E-state index >= 15 is 0 Å². The van der Waals surface area contributed by atoms with Gasteiger partial charge >= 0.3 is 6.09 Å². The van der Waals surface area contributed by atoms with Gasteiger partial charge in [-0.05, 0) is 39.7 Å². The number of ether oxygens (including phenoxy) is 1. The van der Waals surface area contributed by atoms with Gasteiger partial charge in [-0.1, -0.05) is 0 Å². The number of nitrogens with zero attached hydrogens (tertiary/aromatic N) is 3. The van der Waals surface area contributed by atoms with E-state index in [9.17, 15) is 4.79 Å². The van der Waals surface area contributed by atoms with E-state index in [1.165, 1.54) is 0 Å². The van der Waals surface area contributed by atoms with Gasteiger partial charge in [0.05, 0.1) is 0 Å². The molecule has 0 aliphatic carbocycles. The quantitative estimate of drug-likeness (QED) is 0.744. The molecular weight excluding hydrogens is 270 g/mol. The number of rotatable bonds is 2. The Morgan fingerprint density at radius 3 is 2.95 bits per heavy atom. The predicted octanol–water partition coefficient (Wildman–Crippen LogP) is 1.03. The number of hydrogen-bond donors (Lipinski definition) is 2. The third kappa shape index (κ3) is 4.63. The van der Waals surface area contributed by atoms with E-state index in [0.29, 0.717) is 13.2 Å². The van der Waals surface area contributed by atoms with Crippen molar-refractivity contribution in [3.05, 3.63) is 11.9 Å². The van der Waals surface area contributed by atoms with Crippen LogP contribution in [0.3, 0.4) is 0 Å². The molecule has 1 unspecified atom stereocenters. The van der Waals surface area contributed by atoms with Crippen molar-refractivity contribution in [3.8, 4) is 0 Å². The minimum atomic E-state index is -0.464. The smallest absolute Gasteiger partial charge is 0.410 e. The zero-order chi connectivity index (χ0) is 15.5. The number of nitrogens with one attached hydrogen (secondary N) is 1. The molecule has 2 aliphatic heterocycles. The fraction of sp³-hybridized carbons (Fsp3) is 0.714. The summed E-state index contributed by atoms with van der Waals surface area (Å²) in [5, 5.41) is 4.94. The van der Waals surface area contributed by atoms with Crippen molar-refractivity contribution < 1.29 is 9.53 Å². The van der Waals surface area contributed by atoms with Crippen LogP contribution in [-0.2, 0) is 4.74 Å². The number of nitrogens with two attached hydrogens (primary N) is 1. The molecule has 118 valence electrons. The van der Waals surface area contributed by atoms with Crippen LogP contribution < -0.4 is 11.2 Å². The number of aliphatic imine (C=N–C) groups is 1. The molecule has 1 saturated heterocycles. The molecule has 0 bridgehead atoms. The second kappa shape index (κ2) is 6.34. The lowest BCUT2D eigenvalue weighted by Crippen LogP contribution is -2.51. The van der Waals surface area contributed by atoms with Gasteiger partial charge in [-0.15, -0.1) is 0 Å². The highest BCUT2D eigenvalue weighted by Gasteiger charge is 2.28. The van der Waals surface area contributed by atoms with Crippen molar-refractivity contribution in [2.45, 2.75) is 45.3 Å². The van der Waals surface area contributed by atoms with Gasteiger partial charge in [-0.2, -0.15) is 0 Å². The molecule has 0 aromatic rings. The number of carbonyl (C=O) groups is 1. The molecule has 0 aromatic carbocycles. The van der Waals surface area contributed by atoms with E-state index < -0.39 is 5.60 Å². The van der Waals surface area contributed by atoms with Gasteiger partial charge in [0.2, 0.25) is 0 Å². The molecule has 0 spiro atoms. The van der Waals surface area contributed by atoms with Crippen LogP contribution in [0.15, 0.2) is 16.9 Å². The number of piperidine rings is 1. The van der Waals surface area contributed by atoms with Gasteiger partial charge in [0.1, 0.15) is 18.1 Å². The molecule has 2 heterocycles. The maximum atomic E-state index is 12.1. The Bertz CT molecular complexity index is 441. The minimum Gasteiger partial charge on any atom is -0.444 e. The van der Waals surface area contributed by atoms with E-state index in [-0.39, 0.29) is 12.1 Å². The highest BCUT2D eigenvalue weighted by molar-refractivity contribution is 5.72. The van der Waals surface area contributed by atoms with E-state index in [2.05, 4.69) is 10.3 Å². The third-order valence-electron chi connectivity index (χ3n) is 3.31. The Labute approximate surface area is 125 Å². The zero-order valence-corrected chi connectivity index (χ0v) is 13.0. The van der Waals surface area contributed by atoms with Crippen LogP contribution in [0.1, 0.15) is 33.6 Å². The normalized spacial score (nSPS) is 22.9. The van der Waals surface area contributed by atoms with Gasteiger partial charge < -0.3 is 15.0 Å². The highest BCUT2D eigenvalue weighted by Crippen LogP contribution is 2.16. The second-order valence-electron chi connectivity index (χ2n) is 6.40. The predicted molar refractivity (Wildman–Crippen MR) is 81.4 cm³/mol. The van der Waals surface area contributed by atoms with Crippen molar-refractivity contribution in [2.24, 2.45) is 10.8 Å². The minimum absolute atomic E-state index is 0.176. The topological polar surface area (TPSA) is 83.2 Å². The van der Waals surface area contributed by atoms with Crippen molar-refractivity contribution in [2.75, 3.05) is 19.8 Å². The molecule has 0 saturated carbocycles. The summed E-state index contributed by atoms with van der Waals surface area (Å²) in [5.41, 5.74) is -0.464. The van der Waals surface area contributed by atoms with Crippen molar-refractivity contribution in [3.63, 3.8) is 0 Å². The lowest BCUT2D eigenvalue weighted by Gasteiger charge is -2.36. The fourth-order valence-corrected chi connectivity index (χ4v) is 2.36. The lowest BCUT2D eigenvalue weighted by molar-refractivity contribution is 0.0188. The molecule has 1 atom stereocenters. The first-order valence-electron chi connectivity index (χ1n) is 7.32. The van der Waals surface area contributed by atoms with Crippen LogP contribution in [-0.4, -0.2) is 53.6 Å². The zero-order valence-electron chi connectivity index (χ0n) is 13.0. The second-order valence-corrected chi connectivity index (χ2v) is 6.40. The van der Waals surface area contributed by atoms with Crippen LogP contribution in [0.4, 0.5) is 4.79 Å². The summed E-state index contributed by atoms with van der Waals surface area (Å²) in [5.74, 6) is 6.69. The van der Waals surface area contributed by atoms with Gasteiger partial charge in [0.15, 0.2) is 0 Å². The van der Waals surface area contributed by atoms with Crippen LogP contribution in [0, 0.1) is 0 Å². The Hall–Kier alpha value is -1.76. The van der Waals surface area contributed by atoms with Crippen molar-refractivity contribution in [1.29, 1.82) is 0 Å². The molecule has 0 aromatic heterocycles. The van der Waals surface area contributed by atoms with E-state index in [1.807, 2.05) is 26.8 Å². The summed E-state index contributed by atoms with van der Waals surface area (Å²) < 4.78 is 5.42. The van der Waals surface area contributed by atoms with Gasteiger partial charge in [0, 0.05) is 25.3 Å². The Balaban J connectivity index is 1.90. The van der Waals surface area contributed by atoms with E-state index in [1.54, 1.807) is 16.1 Å². The maximum absolute atomic E-state index is 12.1. The molecule has 2 rings (SSSR count). The fourth-order valence-electron chi connectivity index (χ4n) is 2.36. The maximum Gasteiger partial charge on any atom is 0.410 e. The number of allylic oxidation sites excluding steroid dienone is 1. The van der Waals surface area contributed by atoms with E-state index in [4.69, 9.17) is 10.6 Å². The average Bonchev–Trinajstić information content (AvgIpc) is 2.40. The summed E-state index contributed by atoms with van der Waals surface area (Å²) in [6.45, 7) is 7.44. The molecule has 3 N–H and O–H groups in total. The summed E-state index contributed by atoms with van der Waals surface area (Å²) in [4.78, 5) is 17.9. The van der Waals surface area contributed by atoms with Crippen molar-refractivity contribution in [1.82, 2.24) is 15.2 Å². The number of likely N-dealkylation sites (tertiary alicyclic amines) is 1. The van der Waals surface area contributed by atoms with Crippen LogP contribution >= 0.6 is 0 Å². The summed E-state index contributed by atoms with van der Waals surface area (Å²) >= 11 is 0. The summed E-state index contributed by atoms with van der Waals surface area (Å²) in [6, 6.07) is 0.176. The SMILES string of the molecule is CC(C)(C)OC(=O)N1CCCC(NC2=CC=NCN2N)C1. The summed E-state index contributed by atoms with van der Waals surface area (Å²) in [6.07, 6.45) is 5.28. The number of hydrogen-bond acceptors (Lipinski definition) is 6. The third-order valence-corrected chi connectivity index (χ3v) is 3.31. The largest absolute Gasteiger partial charge is 0.444 e. The first kappa shape index (κ1) is 15.6. The van der Waals surface area contributed by atoms with Gasteiger partial charge in [0.25, 0.3) is 0 Å². The van der Waals surface area contributed by atoms with E-state index in [0.717, 1.165) is 25.2 Å².